The lowest BCUT2D eigenvalue weighted by Crippen LogP contribution is -2.39. The quantitative estimate of drug-likeness (QED) is 0.720. The van der Waals surface area contributed by atoms with Gasteiger partial charge in [-0.3, -0.25) is 0 Å². The molecule has 0 aliphatic carbocycles. The van der Waals surface area contributed by atoms with Crippen LogP contribution in [0.15, 0.2) is 21.5 Å². The smallest absolute Gasteiger partial charge is 0.328 e. The van der Waals surface area contributed by atoms with Crippen LogP contribution in [-0.4, -0.2) is 21.0 Å². The summed E-state index contributed by atoms with van der Waals surface area (Å²) >= 11 is 3.17. The van der Waals surface area contributed by atoms with Crippen LogP contribution in [0.5, 0.6) is 0 Å². The highest BCUT2D eigenvalue weighted by atomic mass is 79.9. The summed E-state index contributed by atoms with van der Waals surface area (Å²) in [5.41, 5.74) is 6.45. The Morgan fingerprint density at radius 2 is 2.05 bits per heavy atom. The number of carbonyl (C=O) groups is 1. The third kappa shape index (κ3) is 4.10. The third-order valence-corrected chi connectivity index (χ3v) is 4.33. The summed E-state index contributed by atoms with van der Waals surface area (Å²) in [6, 6.07) is 2.26. The molecule has 0 radical (unpaired) electrons. The highest BCUT2D eigenvalue weighted by molar-refractivity contribution is 9.10. The number of carbonyl (C=O) groups excluding carboxylic acids is 1. The minimum atomic E-state index is -3.94. The Labute approximate surface area is 120 Å². The van der Waals surface area contributed by atoms with Crippen molar-refractivity contribution in [3.63, 3.8) is 0 Å². The van der Waals surface area contributed by atoms with Gasteiger partial charge in [0.05, 0.1) is 4.90 Å². The minimum Gasteiger partial charge on any atom is -0.398 e. The summed E-state index contributed by atoms with van der Waals surface area (Å²) in [6.45, 7) is 3.86. The second-order valence-corrected chi connectivity index (χ2v) is 6.55. The normalized spacial score (nSPS) is 11.1. The van der Waals surface area contributed by atoms with Crippen molar-refractivity contribution in [3.8, 4) is 0 Å². The number of hydrogen-bond donors (Lipinski definition) is 3. The number of halogens is 1. The van der Waals surface area contributed by atoms with Gasteiger partial charge >= 0.3 is 6.03 Å². The molecule has 19 heavy (non-hydrogen) atoms. The van der Waals surface area contributed by atoms with Crippen LogP contribution in [0.1, 0.15) is 18.9 Å². The first-order valence-corrected chi connectivity index (χ1v) is 7.91. The highest BCUT2D eigenvalue weighted by Gasteiger charge is 2.21. The maximum absolute atomic E-state index is 12.1. The van der Waals surface area contributed by atoms with Crippen LogP contribution < -0.4 is 15.8 Å². The largest absolute Gasteiger partial charge is 0.398 e. The van der Waals surface area contributed by atoms with Gasteiger partial charge in [0.15, 0.2) is 0 Å². The Morgan fingerprint density at radius 3 is 2.63 bits per heavy atom. The molecule has 8 heteroatoms. The van der Waals surface area contributed by atoms with Gasteiger partial charge in [-0.25, -0.2) is 17.9 Å². The molecular formula is C11H16BrN3O3S. The van der Waals surface area contributed by atoms with E-state index >= 15 is 0 Å². The fourth-order valence-electron chi connectivity index (χ4n) is 1.40. The molecule has 1 aromatic carbocycles. The van der Waals surface area contributed by atoms with Gasteiger partial charge in [0, 0.05) is 16.7 Å². The number of rotatable bonds is 4. The molecular weight excluding hydrogens is 334 g/mol. The van der Waals surface area contributed by atoms with Crippen LogP contribution in [-0.2, 0) is 10.0 Å². The lowest BCUT2D eigenvalue weighted by atomic mass is 10.2. The minimum absolute atomic E-state index is 0.0222. The van der Waals surface area contributed by atoms with E-state index in [9.17, 15) is 13.2 Å². The first-order valence-electron chi connectivity index (χ1n) is 5.64. The number of hydrogen-bond acceptors (Lipinski definition) is 4. The van der Waals surface area contributed by atoms with E-state index in [0.29, 0.717) is 22.3 Å². The van der Waals surface area contributed by atoms with Crippen molar-refractivity contribution < 1.29 is 13.2 Å². The second-order valence-electron chi connectivity index (χ2n) is 3.98. The summed E-state index contributed by atoms with van der Waals surface area (Å²) < 4.78 is 26.6. The van der Waals surface area contributed by atoms with Crippen molar-refractivity contribution in [2.45, 2.75) is 25.2 Å². The molecule has 1 aromatic rings. The first kappa shape index (κ1) is 15.8. The number of amides is 2. The van der Waals surface area contributed by atoms with Gasteiger partial charge in [-0.1, -0.05) is 22.9 Å². The number of urea groups is 1. The summed E-state index contributed by atoms with van der Waals surface area (Å²) in [6.07, 6.45) is 0.719. The Balaban J connectivity index is 3.04. The summed E-state index contributed by atoms with van der Waals surface area (Å²) in [7, 11) is -3.94. The van der Waals surface area contributed by atoms with Crippen LogP contribution in [0.2, 0.25) is 0 Å². The predicted molar refractivity (Wildman–Crippen MR) is 77.3 cm³/mol. The highest BCUT2D eigenvalue weighted by Crippen LogP contribution is 2.26. The number of anilines is 1. The lowest BCUT2D eigenvalue weighted by molar-refractivity contribution is 0.246. The zero-order valence-electron chi connectivity index (χ0n) is 10.7. The monoisotopic (exact) mass is 349 g/mol. The van der Waals surface area contributed by atoms with Gasteiger partial charge < -0.3 is 11.1 Å². The summed E-state index contributed by atoms with van der Waals surface area (Å²) in [5.74, 6) is 0. The SMILES string of the molecule is CCCNC(=O)NS(=O)(=O)c1cc(Br)cc(N)c1C. The van der Waals surface area contributed by atoms with Crippen LogP contribution in [0, 0.1) is 6.92 Å². The molecule has 0 fully saturated rings. The zero-order chi connectivity index (χ0) is 14.6. The average Bonchev–Trinajstić information content (AvgIpc) is 2.30. The van der Waals surface area contributed by atoms with Crippen LogP contribution >= 0.6 is 15.9 Å². The van der Waals surface area contributed by atoms with Crippen molar-refractivity contribution in [1.82, 2.24) is 10.0 Å². The van der Waals surface area contributed by atoms with Crippen molar-refractivity contribution in [2.75, 3.05) is 12.3 Å². The van der Waals surface area contributed by atoms with Gasteiger partial charge in [0.1, 0.15) is 0 Å². The molecule has 0 atom stereocenters. The molecule has 2 amide bonds. The Hall–Kier alpha value is -1.28. The number of benzene rings is 1. The molecule has 0 bridgehead atoms. The molecule has 4 N–H and O–H groups in total. The van der Waals surface area contributed by atoms with Gasteiger partial charge in [-0.15, -0.1) is 0 Å². The van der Waals surface area contributed by atoms with Crippen molar-refractivity contribution in [1.29, 1.82) is 0 Å². The third-order valence-electron chi connectivity index (χ3n) is 2.42. The van der Waals surface area contributed by atoms with Crippen molar-refractivity contribution in [2.24, 2.45) is 0 Å². The molecule has 0 aromatic heterocycles. The van der Waals surface area contributed by atoms with E-state index < -0.39 is 16.1 Å². The summed E-state index contributed by atoms with van der Waals surface area (Å²) in [5, 5.41) is 2.43. The molecule has 6 nitrogen and oxygen atoms in total. The van der Waals surface area contributed by atoms with Crippen LogP contribution in [0.3, 0.4) is 0 Å². The van der Waals surface area contributed by atoms with E-state index in [-0.39, 0.29) is 4.90 Å². The Bertz CT molecular complexity index is 587. The van der Waals surface area contributed by atoms with Crippen LogP contribution in [0.4, 0.5) is 10.5 Å². The molecule has 1 rings (SSSR count). The molecule has 0 aliphatic rings. The van der Waals surface area contributed by atoms with E-state index in [1.54, 1.807) is 13.0 Å². The van der Waals surface area contributed by atoms with Crippen molar-refractivity contribution >= 4 is 37.7 Å². The van der Waals surface area contributed by atoms with E-state index in [4.69, 9.17) is 5.73 Å². The first-order chi connectivity index (χ1) is 8.77. The fourth-order valence-corrected chi connectivity index (χ4v) is 3.26. The maximum Gasteiger partial charge on any atom is 0.328 e. The Morgan fingerprint density at radius 1 is 1.42 bits per heavy atom. The topological polar surface area (TPSA) is 101 Å². The predicted octanol–water partition coefficient (Wildman–Crippen LogP) is 1.74. The number of sulfonamides is 1. The van der Waals surface area contributed by atoms with E-state index in [2.05, 4.69) is 21.2 Å². The number of nitrogens with two attached hydrogens (primary N) is 1. The van der Waals surface area contributed by atoms with E-state index in [0.717, 1.165) is 6.42 Å². The standard InChI is InChI=1S/C11H16BrN3O3S/c1-3-4-14-11(16)15-19(17,18)10-6-8(12)5-9(13)7(10)2/h5-6H,3-4,13H2,1-2H3,(H2,14,15,16). The molecule has 0 spiro atoms. The van der Waals surface area contributed by atoms with Gasteiger partial charge in [0.2, 0.25) is 0 Å². The van der Waals surface area contributed by atoms with Gasteiger partial charge in [-0.05, 0) is 31.0 Å². The van der Waals surface area contributed by atoms with E-state index in [1.165, 1.54) is 6.07 Å². The number of nitrogens with one attached hydrogen (secondary N) is 2. The molecule has 106 valence electrons. The maximum atomic E-state index is 12.1. The molecule has 0 unspecified atom stereocenters. The number of nitrogen functional groups attached to an aromatic ring is 1. The Kier molecular flexibility index (Phi) is 5.19. The molecule has 0 aliphatic heterocycles. The van der Waals surface area contributed by atoms with Gasteiger partial charge in [0.25, 0.3) is 10.0 Å². The van der Waals surface area contributed by atoms with Crippen molar-refractivity contribution in [3.05, 3.63) is 22.2 Å². The lowest BCUT2D eigenvalue weighted by Gasteiger charge is -2.12. The van der Waals surface area contributed by atoms with Gasteiger partial charge in [-0.2, -0.15) is 0 Å². The average molecular weight is 350 g/mol. The summed E-state index contributed by atoms with van der Waals surface area (Å²) in [4.78, 5) is 11.4. The zero-order valence-corrected chi connectivity index (χ0v) is 13.1. The fraction of sp³-hybridized carbons (Fsp3) is 0.364. The molecule has 0 saturated carbocycles. The van der Waals surface area contributed by atoms with E-state index in [1.807, 2.05) is 11.6 Å². The van der Waals surface area contributed by atoms with Crippen LogP contribution in [0.25, 0.3) is 0 Å². The second kappa shape index (κ2) is 6.25. The molecule has 0 heterocycles. The molecule has 0 saturated heterocycles.